The Morgan fingerprint density at radius 2 is 1.94 bits per heavy atom. The second-order valence-corrected chi connectivity index (χ2v) is 10.7. The Balaban J connectivity index is 1.81. The Hall–Kier alpha value is -2.56. The van der Waals surface area contributed by atoms with E-state index < -0.39 is 45.1 Å². The molecule has 0 spiro atoms. The second kappa shape index (κ2) is 9.29. The molecule has 3 atom stereocenters. The number of thiophene rings is 1. The molecule has 2 aromatic rings. The first-order chi connectivity index (χ1) is 14.6. The van der Waals surface area contributed by atoms with Gasteiger partial charge in [-0.1, -0.05) is 36.4 Å². The number of nitrogens with one attached hydrogen (secondary N) is 2. The molecular formula is C21H24N2O6S2. The zero-order chi connectivity index (χ0) is 22.6. The van der Waals surface area contributed by atoms with Crippen molar-refractivity contribution in [3.8, 4) is 0 Å². The number of ether oxygens (including phenoxy) is 1. The minimum absolute atomic E-state index is 0.142. The minimum Gasteiger partial charge on any atom is -0.368 e. The molecule has 3 rings (SSSR count). The van der Waals surface area contributed by atoms with Crippen LogP contribution in [0, 0.1) is 0 Å². The van der Waals surface area contributed by atoms with Crippen molar-refractivity contribution in [2.75, 3.05) is 12.4 Å². The van der Waals surface area contributed by atoms with E-state index in [9.17, 15) is 22.8 Å². The number of Topliss-reactive ketones (excluding diaryl/α,β-unsaturated/α-hetero) is 1. The highest BCUT2D eigenvalue weighted by Crippen LogP contribution is 2.22. The molecule has 166 valence electrons. The number of hydrogen-bond acceptors (Lipinski definition) is 7. The highest BCUT2D eigenvalue weighted by atomic mass is 32.2. The zero-order valence-electron chi connectivity index (χ0n) is 17.2. The van der Waals surface area contributed by atoms with Gasteiger partial charge < -0.3 is 15.4 Å². The third kappa shape index (κ3) is 5.57. The van der Waals surface area contributed by atoms with Crippen molar-refractivity contribution < 1.29 is 27.5 Å². The Bertz CT molecular complexity index is 1050. The van der Waals surface area contributed by atoms with Crippen molar-refractivity contribution >= 4 is 38.8 Å². The Labute approximate surface area is 184 Å². The smallest absolute Gasteiger partial charge is 0.262 e. The molecule has 8 nitrogen and oxygen atoms in total. The van der Waals surface area contributed by atoms with E-state index in [2.05, 4.69) is 10.6 Å². The van der Waals surface area contributed by atoms with Crippen LogP contribution in [0.3, 0.4) is 0 Å². The normalized spacial score (nSPS) is 22.1. The Kier molecular flexibility index (Phi) is 6.93. The van der Waals surface area contributed by atoms with Crippen LogP contribution < -0.4 is 10.6 Å². The van der Waals surface area contributed by atoms with Crippen LogP contribution in [0.5, 0.6) is 0 Å². The van der Waals surface area contributed by atoms with E-state index >= 15 is 0 Å². The van der Waals surface area contributed by atoms with Crippen LogP contribution in [0.25, 0.3) is 0 Å². The van der Waals surface area contributed by atoms with E-state index in [1.807, 2.05) is 0 Å². The lowest BCUT2D eigenvalue weighted by Crippen LogP contribution is -2.61. The minimum atomic E-state index is -3.76. The fourth-order valence-electron chi connectivity index (χ4n) is 3.22. The number of ketones is 1. The predicted molar refractivity (Wildman–Crippen MR) is 116 cm³/mol. The van der Waals surface area contributed by atoms with Gasteiger partial charge in [0.05, 0.1) is 22.5 Å². The maximum Gasteiger partial charge on any atom is 0.262 e. The van der Waals surface area contributed by atoms with Crippen molar-refractivity contribution in [2.24, 2.45) is 0 Å². The van der Waals surface area contributed by atoms with Gasteiger partial charge in [-0.05, 0) is 30.9 Å². The Morgan fingerprint density at radius 3 is 2.52 bits per heavy atom. The molecule has 0 saturated carbocycles. The average molecular weight is 465 g/mol. The van der Waals surface area contributed by atoms with Gasteiger partial charge in [-0.25, -0.2) is 8.42 Å². The van der Waals surface area contributed by atoms with E-state index in [1.165, 1.54) is 18.3 Å². The molecule has 2 N–H and O–H groups in total. The number of sulfone groups is 1. The Morgan fingerprint density at radius 1 is 1.23 bits per heavy atom. The summed E-state index contributed by atoms with van der Waals surface area (Å²) in [6.07, 6.45) is -0.585. The van der Waals surface area contributed by atoms with Crippen LogP contribution in [-0.4, -0.2) is 56.1 Å². The summed E-state index contributed by atoms with van der Waals surface area (Å²) in [4.78, 5) is 38.2. The third-order valence-electron chi connectivity index (χ3n) is 5.26. The van der Waals surface area contributed by atoms with E-state index in [1.54, 1.807) is 54.8 Å². The fraction of sp³-hybridized carbons (Fsp3) is 0.381. The topological polar surface area (TPSA) is 119 Å². The lowest BCUT2D eigenvalue weighted by Gasteiger charge is -2.29. The fourth-order valence-corrected chi connectivity index (χ4v) is 5.41. The average Bonchev–Trinajstić information content (AvgIpc) is 3.33. The van der Waals surface area contributed by atoms with Crippen LogP contribution in [0.2, 0.25) is 0 Å². The van der Waals surface area contributed by atoms with Crippen molar-refractivity contribution in [3.63, 3.8) is 0 Å². The summed E-state index contributed by atoms with van der Waals surface area (Å²) in [5, 5.41) is 6.81. The first kappa shape index (κ1) is 23.1. The standard InChI is InChI=1S/C21H24N2O6S2/c1-14-21(2,18(24)11-29-14)23-19(25)16(22-20(26)17-9-6-10-30-17)13-31(27,28)12-15-7-4-3-5-8-15/h3-10,14,16H,11-13H2,1-2H3,(H,22,26)(H,23,25). The van der Waals surface area contributed by atoms with Gasteiger partial charge >= 0.3 is 0 Å². The summed E-state index contributed by atoms with van der Waals surface area (Å²) < 4.78 is 30.9. The molecule has 2 amide bonds. The van der Waals surface area contributed by atoms with Crippen molar-refractivity contribution in [3.05, 3.63) is 58.3 Å². The van der Waals surface area contributed by atoms with Gasteiger partial charge in [0.2, 0.25) is 5.91 Å². The van der Waals surface area contributed by atoms with Crippen LogP contribution in [0.4, 0.5) is 0 Å². The number of carbonyl (C=O) groups excluding carboxylic acids is 3. The van der Waals surface area contributed by atoms with E-state index in [0.29, 0.717) is 10.4 Å². The molecule has 1 fully saturated rings. The summed E-state index contributed by atoms with van der Waals surface area (Å²) >= 11 is 1.17. The summed E-state index contributed by atoms with van der Waals surface area (Å²) in [5.41, 5.74) is -0.724. The van der Waals surface area contributed by atoms with Crippen molar-refractivity contribution in [2.45, 2.75) is 37.3 Å². The number of benzene rings is 1. The highest BCUT2D eigenvalue weighted by molar-refractivity contribution is 7.90. The summed E-state index contributed by atoms with van der Waals surface area (Å²) in [6, 6.07) is 10.4. The molecule has 1 aliphatic rings. The van der Waals surface area contributed by atoms with Gasteiger partial charge in [0.25, 0.3) is 5.91 Å². The number of hydrogen-bond donors (Lipinski definition) is 2. The van der Waals surface area contributed by atoms with Crippen molar-refractivity contribution in [1.29, 1.82) is 0 Å². The SMILES string of the molecule is CC1OCC(=O)C1(C)NC(=O)C(CS(=O)(=O)Cc1ccccc1)NC(=O)c1cccs1. The monoisotopic (exact) mass is 464 g/mol. The lowest BCUT2D eigenvalue weighted by molar-refractivity contribution is -0.130. The molecule has 3 unspecified atom stereocenters. The predicted octanol–water partition coefficient (Wildman–Crippen LogP) is 1.32. The summed E-state index contributed by atoms with van der Waals surface area (Å²) in [6.45, 7) is 3.04. The van der Waals surface area contributed by atoms with E-state index in [-0.39, 0.29) is 18.1 Å². The van der Waals surface area contributed by atoms with Gasteiger partial charge in [-0.15, -0.1) is 11.3 Å². The summed E-state index contributed by atoms with van der Waals surface area (Å²) in [7, 11) is -3.76. The molecule has 1 saturated heterocycles. The van der Waals surface area contributed by atoms with Crippen LogP contribution in [-0.2, 0) is 29.9 Å². The van der Waals surface area contributed by atoms with E-state index in [4.69, 9.17) is 4.74 Å². The van der Waals surface area contributed by atoms with Gasteiger partial charge in [-0.2, -0.15) is 0 Å². The largest absolute Gasteiger partial charge is 0.368 e. The van der Waals surface area contributed by atoms with E-state index in [0.717, 1.165) is 0 Å². The molecule has 0 radical (unpaired) electrons. The third-order valence-corrected chi connectivity index (χ3v) is 7.74. The molecule has 2 heterocycles. The van der Waals surface area contributed by atoms with Crippen LogP contribution in [0.1, 0.15) is 29.1 Å². The molecule has 10 heteroatoms. The molecule has 1 aromatic heterocycles. The molecule has 0 aliphatic carbocycles. The number of carbonyl (C=O) groups is 3. The maximum atomic E-state index is 13.0. The first-order valence-electron chi connectivity index (χ1n) is 9.66. The molecule has 1 aliphatic heterocycles. The van der Waals surface area contributed by atoms with Crippen LogP contribution in [0.15, 0.2) is 47.8 Å². The quantitative estimate of drug-likeness (QED) is 0.608. The summed E-state index contributed by atoms with van der Waals surface area (Å²) in [5.74, 6) is -2.51. The second-order valence-electron chi connectivity index (χ2n) is 7.61. The number of rotatable bonds is 8. The van der Waals surface area contributed by atoms with Crippen molar-refractivity contribution in [1.82, 2.24) is 10.6 Å². The molecule has 0 bridgehead atoms. The molecule has 1 aromatic carbocycles. The zero-order valence-corrected chi connectivity index (χ0v) is 18.8. The van der Waals surface area contributed by atoms with Gasteiger partial charge in [0.1, 0.15) is 18.2 Å². The lowest BCUT2D eigenvalue weighted by atomic mass is 9.93. The number of amides is 2. The molecule has 31 heavy (non-hydrogen) atoms. The van der Waals surface area contributed by atoms with Gasteiger partial charge in [0.15, 0.2) is 15.6 Å². The highest BCUT2D eigenvalue weighted by Gasteiger charge is 2.47. The van der Waals surface area contributed by atoms with Gasteiger partial charge in [-0.3, -0.25) is 14.4 Å². The van der Waals surface area contributed by atoms with Gasteiger partial charge in [0, 0.05) is 0 Å². The van der Waals surface area contributed by atoms with Crippen LogP contribution >= 0.6 is 11.3 Å². The molecular weight excluding hydrogens is 440 g/mol. The maximum absolute atomic E-state index is 13.0. The first-order valence-corrected chi connectivity index (χ1v) is 12.4.